The number of Topliss-reactive ketones (excluding diaryl/α,β-unsaturated/α-hetero) is 1. The summed E-state index contributed by atoms with van der Waals surface area (Å²) in [6, 6.07) is 15.9. The first kappa shape index (κ1) is 24.3. The zero-order valence-corrected chi connectivity index (χ0v) is 20.4. The molecule has 0 spiro atoms. The van der Waals surface area contributed by atoms with Crippen molar-refractivity contribution in [2.24, 2.45) is 17.8 Å². The van der Waals surface area contributed by atoms with E-state index in [0.29, 0.717) is 28.9 Å². The highest BCUT2D eigenvalue weighted by Gasteiger charge is 2.32. The van der Waals surface area contributed by atoms with E-state index in [1.165, 1.54) is 37.7 Å². The summed E-state index contributed by atoms with van der Waals surface area (Å²) < 4.78 is 10.5. The molecular weight excluding hydrogens is 426 g/mol. The highest BCUT2D eigenvalue weighted by atomic mass is 16.5. The van der Waals surface area contributed by atoms with E-state index in [4.69, 9.17) is 9.47 Å². The second-order valence-corrected chi connectivity index (χ2v) is 9.99. The predicted octanol–water partition coefficient (Wildman–Crippen LogP) is 5.78. The fraction of sp³-hybridized carbons (Fsp3) is 0.517. The fourth-order valence-corrected chi connectivity index (χ4v) is 5.86. The summed E-state index contributed by atoms with van der Waals surface area (Å²) >= 11 is 0. The lowest BCUT2D eigenvalue weighted by molar-refractivity contribution is -0.121. The van der Waals surface area contributed by atoms with E-state index in [9.17, 15) is 9.59 Å². The number of amides is 1. The van der Waals surface area contributed by atoms with E-state index >= 15 is 0 Å². The summed E-state index contributed by atoms with van der Waals surface area (Å²) in [4.78, 5) is 25.4. The zero-order valence-electron chi connectivity index (χ0n) is 20.4. The number of rotatable bonds is 9. The number of carbonyl (C=O) groups is 2. The maximum atomic E-state index is 12.8. The van der Waals surface area contributed by atoms with Crippen molar-refractivity contribution in [1.82, 2.24) is 5.32 Å². The molecular formula is C29H37NO4. The van der Waals surface area contributed by atoms with Crippen LogP contribution in [0.1, 0.15) is 73.2 Å². The van der Waals surface area contributed by atoms with Gasteiger partial charge in [-0.2, -0.15) is 0 Å². The van der Waals surface area contributed by atoms with Gasteiger partial charge in [-0.1, -0.05) is 30.3 Å². The van der Waals surface area contributed by atoms with Crippen LogP contribution in [0.25, 0.3) is 0 Å². The third-order valence-corrected chi connectivity index (χ3v) is 7.82. The summed E-state index contributed by atoms with van der Waals surface area (Å²) in [5.41, 5.74) is 1.92. The Bertz CT molecular complexity index is 943. The van der Waals surface area contributed by atoms with Gasteiger partial charge in [-0.25, -0.2) is 0 Å². The second kappa shape index (κ2) is 11.5. The molecule has 2 fully saturated rings. The van der Waals surface area contributed by atoms with Crippen molar-refractivity contribution in [2.45, 2.75) is 57.3 Å². The molecule has 2 aliphatic rings. The lowest BCUT2D eigenvalue weighted by atomic mass is 9.75. The van der Waals surface area contributed by atoms with E-state index in [-0.39, 0.29) is 24.2 Å². The molecule has 0 heterocycles. The molecule has 2 aromatic carbocycles. The summed E-state index contributed by atoms with van der Waals surface area (Å²) in [5.74, 6) is 3.19. The van der Waals surface area contributed by atoms with Crippen LogP contribution in [-0.4, -0.2) is 32.5 Å². The highest BCUT2D eigenvalue weighted by Crippen LogP contribution is 2.42. The molecule has 2 atom stereocenters. The number of ketones is 1. The maximum Gasteiger partial charge on any atom is 0.251 e. The van der Waals surface area contributed by atoms with Gasteiger partial charge < -0.3 is 14.8 Å². The molecule has 0 saturated heterocycles. The number of carbonyl (C=O) groups excluding carboxylic acids is 2. The minimum atomic E-state index is -0.282. The van der Waals surface area contributed by atoms with Gasteiger partial charge >= 0.3 is 0 Å². The Hall–Kier alpha value is -2.82. The van der Waals surface area contributed by atoms with Crippen LogP contribution >= 0.6 is 0 Å². The van der Waals surface area contributed by atoms with Gasteiger partial charge in [-0.3, -0.25) is 9.59 Å². The molecule has 2 aromatic rings. The Labute approximate surface area is 203 Å². The Morgan fingerprint density at radius 3 is 2.15 bits per heavy atom. The van der Waals surface area contributed by atoms with Gasteiger partial charge in [0.2, 0.25) is 0 Å². The van der Waals surface area contributed by atoms with Gasteiger partial charge in [0.1, 0.15) is 11.5 Å². The average Bonchev–Trinajstić information content (AvgIpc) is 3.36. The lowest BCUT2D eigenvalue weighted by Crippen LogP contribution is -2.32. The van der Waals surface area contributed by atoms with E-state index in [2.05, 4.69) is 35.6 Å². The van der Waals surface area contributed by atoms with Gasteiger partial charge in [-0.05, 0) is 86.8 Å². The molecule has 0 radical (unpaired) electrons. The molecule has 4 rings (SSSR count). The molecule has 1 amide bonds. The van der Waals surface area contributed by atoms with Crippen LogP contribution < -0.4 is 14.8 Å². The SMILES string of the molecule is COc1cc(OC)cc(C(=O)NCC(=O)C2CCC(CC3CCC(c4ccccc4)CC3)C2)c1. The van der Waals surface area contributed by atoms with Gasteiger partial charge in [0.25, 0.3) is 5.91 Å². The fourth-order valence-electron chi connectivity index (χ4n) is 5.86. The molecule has 0 aliphatic heterocycles. The summed E-state index contributed by atoms with van der Waals surface area (Å²) in [6.07, 6.45) is 9.47. The van der Waals surface area contributed by atoms with E-state index in [1.54, 1.807) is 32.4 Å². The Balaban J connectivity index is 1.20. The third-order valence-electron chi connectivity index (χ3n) is 7.82. The minimum absolute atomic E-state index is 0.0748. The number of hydrogen-bond acceptors (Lipinski definition) is 4. The van der Waals surface area contributed by atoms with Gasteiger partial charge in [0.05, 0.1) is 20.8 Å². The molecule has 2 saturated carbocycles. The van der Waals surface area contributed by atoms with Crippen molar-refractivity contribution in [3.05, 3.63) is 59.7 Å². The molecule has 1 N–H and O–H groups in total. The number of ether oxygens (including phenoxy) is 2. The molecule has 0 aromatic heterocycles. The van der Waals surface area contributed by atoms with Crippen molar-refractivity contribution in [3.63, 3.8) is 0 Å². The Morgan fingerprint density at radius 2 is 1.50 bits per heavy atom. The quantitative estimate of drug-likeness (QED) is 0.512. The summed E-state index contributed by atoms with van der Waals surface area (Å²) in [6.45, 7) is 0.0813. The Morgan fingerprint density at radius 1 is 0.853 bits per heavy atom. The summed E-state index contributed by atoms with van der Waals surface area (Å²) in [5, 5.41) is 2.80. The van der Waals surface area contributed by atoms with Crippen LogP contribution in [0.3, 0.4) is 0 Å². The smallest absolute Gasteiger partial charge is 0.251 e. The number of methoxy groups -OCH3 is 2. The summed E-state index contributed by atoms with van der Waals surface area (Å²) in [7, 11) is 3.09. The lowest BCUT2D eigenvalue weighted by Gasteiger charge is -2.30. The van der Waals surface area contributed by atoms with Crippen LogP contribution in [0.2, 0.25) is 0 Å². The molecule has 5 heteroatoms. The topological polar surface area (TPSA) is 64.6 Å². The van der Waals surface area contributed by atoms with Gasteiger partial charge in [-0.15, -0.1) is 0 Å². The first-order valence-electron chi connectivity index (χ1n) is 12.6. The molecule has 182 valence electrons. The molecule has 2 unspecified atom stereocenters. The Kier molecular flexibility index (Phi) is 8.25. The number of benzene rings is 2. The van der Waals surface area contributed by atoms with Crippen LogP contribution in [0.5, 0.6) is 11.5 Å². The average molecular weight is 464 g/mol. The van der Waals surface area contributed by atoms with Gasteiger partial charge in [0, 0.05) is 17.5 Å². The molecule has 5 nitrogen and oxygen atoms in total. The van der Waals surface area contributed by atoms with E-state index in [1.807, 2.05) is 0 Å². The molecule has 0 bridgehead atoms. The van der Waals surface area contributed by atoms with Crippen LogP contribution in [0.4, 0.5) is 0 Å². The highest BCUT2D eigenvalue weighted by molar-refractivity contribution is 5.97. The maximum absolute atomic E-state index is 12.8. The van der Waals surface area contributed by atoms with Crippen LogP contribution in [0.15, 0.2) is 48.5 Å². The van der Waals surface area contributed by atoms with E-state index in [0.717, 1.165) is 25.2 Å². The van der Waals surface area contributed by atoms with E-state index < -0.39 is 0 Å². The van der Waals surface area contributed by atoms with Crippen molar-refractivity contribution in [1.29, 1.82) is 0 Å². The van der Waals surface area contributed by atoms with Crippen LogP contribution in [-0.2, 0) is 4.79 Å². The second-order valence-electron chi connectivity index (χ2n) is 9.99. The number of hydrogen-bond donors (Lipinski definition) is 1. The van der Waals surface area contributed by atoms with Crippen molar-refractivity contribution in [3.8, 4) is 11.5 Å². The van der Waals surface area contributed by atoms with Crippen LogP contribution in [0, 0.1) is 17.8 Å². The standard InChI is InChI=1S/C29H37NO4/c1-33-26-16-25(17-27(18-26)34-2)29(32)30-19-28(31)24-13-10-21(15-24)14-20-8-11-23(12-9-20)22-6-4-3-5-7-22/h3-7,16-18,20-21,23-24H,8-15,19H2,1-2H3,(H,30,32). The van der Waals surface area contributed by atoms with Crippen molar-refractivity contribution < 1.29 is 19.1 Å². The monoisotopic (exact) mass is 463 g/mol. The largest absolute Gasteiger partial charge is 0.497 e. The first-order valence-corrected chi connectivity index (χ1v) is 12.6. The minimum Gasteiger partial charge on any atom is -0.497 e. The third kappa shape index (κ3) is 6.19. The zero-order chi connectivity index (χ0) is 23.9. The normalized spacial score (nSPS) is 24.4. The van der Waals surface area contributed by atoms with Crippen molar-refractivity contribution >= 4 is 11.7 Å². The molecule has 2 aliphatic carbocycles. The first-order chi connectivity index (χ1) is 16.6. The predicted molar refractivity (Wildman–Crippen MR) is 133 cm³/mol. The number of nitrogens with one attached hydrogen (secondary N) is 1. The molecule has 34 heavy (non-hydrogen) atoms. The van der Waals surface area contributed by atoms with Gasteiger partial charge in [0.15, 0.2) is 5.78 Å². The van der Waals surface area contributed by atoms with Crippen molar-refractivity contribution in [2.75, 3.05) is 20.8 Å².